The van der Waals surface area contributed by atoms with Crippen molar-refractivity contribution in [1.29, 1.82) is 0 Å². The molecular formula is C14H21N3S. The van der Waals surface area contributed by atoms with Gasteiger partial charge in [-0.25, -0.2) is 0 Å². The molecule has 1 fully saturated rings. The van der Waals surface area contributed by atoms with E-state index >= 15 is 0 Å². The van der Waals surface area contributed by atoms with E-state index in [1.807, 2.05) is 12.3 Å². The lowest BCUT2D eigenvalue weighted by Crippen LogP contribution is -2.34. The van der Waals surface area contributed by atoms with E-state index in [0.29, 0.717) is 16.7 Å². The number of rotatable bonds is 3. The Morgan fingerprint density at radius 3 is 2.89 bits per heavy atom. The molecule has 2 heterocycles. The lowest BCUT2D eigenvalue weighted by Gasteiger charge is -2.31. The Labute approximate surface area is 114 Å². The Balaban J connectivity index is 2.19. The molecule has 2 rings (SSSR count). The van der Waals surface area contributed by atoms with E-state index in [9.17, 15) is 0 Å². The summed E-state index contributed by atoms with van der Waals surface area (Å²) in [6, 6.07) is 4.66. The molecule has 3 nitrogen and oxygen atoms in total. The number of nitrogens with zero attached hydrogens (tertiary/aromatic N) is 2. The molecule has 1 atom stereocenters. The summed E-state index contributed by atoms with van der Waals surface area (Å²) in [6.07, 6.45) is 8.33. The zero-order valence-corrected chi connectivity index (χ0v) is 11.7. The SMILES string of the molecule is CCC1CCCCCN1c1ccc(C(N)=S)nc1. The van der Waals surface area contributed by atoms with Crippen molar-refractivity contribution in [2.24, 2.45) is 5.73 Å². The molecule has 1 aromatic heterocycles. The maximum atomic E-state index is 5.58. The van der Waals surface area contributed by atoms with Crippen molar-refractivity contribution in [3.8, 4) is 0 Å². The molecule has 4 heteroatoms. The van der Waals surface area contributed by atoms with Gasteiger partial charge in [0.2, 0.25) is 0 Å². The summed E-state index contributed by atoms with van der Waals surface area (Å²) in [7, 11) is 0. The maximum Gasteiger partial charge on any atom is 0.122 e. The second kappa shape index (κ2) is 6.14. The van der Waals surface area contributed by atoms with Gasteiger partial charge in [0.1, 0.15) is 4.99 Å². The largest absolute Gasteiger partial charge is 0.388 e. The molecule has 0 aliphatic carbocycles. The van der Waals surface area contributed by atoms with Crippen LogP contribution in [0.15, 0.2) is 18.3 Å². The van der Waals surface area contributed by atoms with Crippen molar-refractivity contribution < 1.29 is 0 Å². The van der Waals surface area contributed by atoms with Gasteiger partial charge in [0, 0.05) is 12.6 Å². The Hall–Kier alpha value is -1.16. The van der Waals surface area contributed by atoms with Gasteiger partial charge in [-0.1, -0.05) is 32.0 Å². The molecule has 18 heavy (non-hydrogen) atoms. The first kappa shape index (κ1) is 13.3. The van der Waals surface area contributed by atoms with Gasteiger partial charge in [-0.2, -0.15) is 0 Å². The molecule has 1 saturated heterocycles. The number of hydrogen-bond donors (Lipinski definition) is 1. The van der Waals surface area contributed by atoms with Crippen LogP contribution in [0.3, 0.4) is 0 Å². The summed E-state index contributed by atoms with van der Waals surface area (Å²) in [5, 5.41) is 0. The molecule has 1 aliphatic rings. The molecule has 0 radical (unpaired) electrons. The van der Waals surface area contributed by atoms with Gasteiger partial charge in [0.15, 0.2) is 0 Å². The van der Waals surface area contributed by atoms with Crippen molar-refractivity contribution in [3.63, 3.8) is 0 Å². The van der Waals surface area contributed by atoms with Gasteiger partial charge in [-0.15, -0.1) is 0 Å². The zero-order valence-electron chi connectivity index (χ0n) is 10.9. The van der Waals surface area contributed by atoms with Crippen LogP contribution in [-0.4, -0.2) is 22.6 Å². The second-order valence-corrected chi connectivity index (χ2v) is 5.31. The minimum atomic E-state index is 0.365. The number of aromatic nitrogens is 1. The van der Waals surface area contributed by atoms with E-state index in [4.69, 9.17) is 18.0 Å². The van der Waals surface area contributed by atoms with Crippen LogP contribution >= 0.6 is 12.2 Å². The lowest BCUT2D eigenvalue weighted by atomic mass is 10.1. The average Bonchev–Trinajstić information content (AvgIpc) is 2.63. The number of nitrogens with two attached hydrogens (primary N) is 1. The van der Waals surface area contributed by atoms with Gasteiger partial charge >= 0.3 is 0 Å². The standard InChI is InChI=1S/C14H21N3S/c1-2-11-6-4-3-5-9-17(11)12-7-8-13(14(15)18)16-10-12/h7-8,10-11H,2-6,9H2,1H3,(H2,15,18). The average molecular weight is 263 g/mol. The number of hydrogen-bond acceptors (Lipinski definition) is 3. The minimum Gasteiger partial charge on any atom is -0.388 e. The fourth-order valence-electron chi connectivity index (χ4n) is 2.64. The van der Waals surface area contributed by atoms with Crippen LogP contribution in [0.4, 0.5) is 5.69 Å². The first-order valence-corrected chi connectivity index (χ1v) is 7.15. The highest BCUT2D eigenvalue weighted by Gasteiger charge is 2.19. The number of thiocarbonyl (C=S) groups is 1. The topological polar surface area (TPSA) is 42.1 Å². The first-order valence-electron chi connectivity index (χ1n) is 6.75. The Kier molecular flexibility index (Phi) is 4.53. The zero-order chi connectivity index (χ0) is 13.0. The molecule has 0 spiro atoms. The van der Waals surface area contributed by atoms with Crippen molar-refractivity contribution >= 4 is 22.9 Å². The molecule has 1 unspecified atom stereocenters. The fraction of sp³-hybridized carbons (Fsp3) is 0.571. The summed E-state index contributed by atoms with van der Waals surface area (Å²) >= 11 is 4.93. The number of pyridine rings is 1. The van der Waals surface area contributed by atoms with E-state index in [2.05, 4.69) is 22.9 Å². The van der Waals surface area contributed by atoms with Crippen LogP contribution in [0.25, 0.3) is 0 Å². The van der Waals surface area contributed by atoms with Gasteiger partial charge in [-0.05, 0) is 31.4 Å². The van der Waals surface area contributed by atoms with E-state index < -0.39 is 0 Å². The molecule has 0 amide bonds. The predicted molar refractivity (Wildman–Crippen MR) is 80.0 cm³/mol. The normalized spacial score (nSPS) is 20.5. The van der Waals surface area contributed by atoms with Gasteiger partial charge < -0.3 is 10.6 Å². The highest BCUT2D eigenvalue weighted by atomic mass is 32.1. The molecule has 0 aromatic carbocycles. The fourth-order valence-corrected chi connectivity index (χ4v) is 2.76. The van der Waals surface area contributed by atoms with Crippen molar-refractivity contribution in [2.75, 3.05) is 11.4 Å². The third kappa shape index (κ3) is 2.99. The summed E-state index contributed by atoms with van der Waals surface area (Å²) < 4.78 is 0. The van der Waals surface area contributed by atoms with Crippen LogP contribution in [0.1, 0.15) is 44.7 Å². The molecule has 98 valence electrons. The molecule has 2 N–H and O–H groups in total. The summed E-state index contributed by atoms with van der Waals surface area (Å²) in [5.74, 6) is 0. The van der Waals surface area contributed by atoms with Crippen molar-refractivity contribution in [2.45, 2.75) is 45.1 Å². The third-order valence-electron chi connectivity index (χ3n) is 3.68. The van der Waals surface area contributed by atoms with Crippen LogP contribution in [-0.2, 0) is 0 Å². The quantitative estimate of drug-likeness (QED) is 0.852. The Bertz CT molecular complexity index is 402. The van der Waals surface area contributed by atoms with E-state index in [1.165, 1.54) is 37.8 Å². The molecule has 1 aromatic rings. The van der Waals surface area contributed by atoms with Gasteiger partial charge in [0.05, 0.1) is 17.6 Å². The highest BCUT2D eigenvalue weighted by Crippen LogP contribution is 2.25. The molecule has 1 aliphatic heterocycles. The predicted octanol–water partition coefficient (Wildman–Crippen LogP) is 2.87. The molecular weight excluding hydrogens is 242 g/mol. The summed E-state index contributed by atoms with van der Waals surface area (Å²) in [4.78, 5) is 7.20. The Morgan fingerprint density at radius 1 is 1.44 bits per heavy atom. The maximum absolute atomic E-state index is 5.58. The van der Waals surface area contributed by atoms with Crippen molar-refractivity contribution in [1.82, 2.24) is 4.98 Å². The smallest absolute Gasteiger partial charge is 0.122 e. The van der Waals surface area contributed by atoms with Crippen molar-refractivity contribution in [3.05, 3.63) is 24.0 Å². The van der Waals surface area contributed by atoms with Gasteiger partial charge in [0.25, 0.3) is 0 Å². The third-order valence-corrected chi connectivity index (χ3v) is 3.89. The van der Waals surface area contributed by atoms with Crippen LogP contribution in [0, 0.1) is 0 Å². The highest BCUT2D eigenvalue weighted by molar-refractivity contribution is 7.80. The van der Waals surface area contributed by atoms with E-state index in [-0.39, 0.29) is 0 Å². The van der Waals surface area contributed by atoms with Crippen LogP contribution in [0.2, 0.25) is 0 Å². The van der Waals surface area contributed by atoms with Crippen LogP contribution in [0.5, 0.6) is 0 Å². The van der Waals surface area contributed by atoms with Crippen LogP contribution < -0.4 is 10.6 Å². The molecule has 0 saturated carbocycles. The molecule has 0 bridgehead atoms. The van der Waals surface area contributed by atoms with E-state index in [0.717, 1.165) is 6.54 Å². The first-order chi connectivity index (χ1) is 8.72. The second-order valence-electron chi connectivity index (χ2n) is 4.87. The minimum absolute atomic E-state index is 0.365. The summed E-state index contributed by atoms with van der Waals surface area (Å²) in [6.45, 7) is 3.40. The van der Waals surface area contributed by atoms with E-state index in [1.54, 1.807) is 0 Å². The Morgan fingerprint density at radius 2 is 2.28 bits per heavy atom. The summed E-state index contributed by atoms with van der Waals surface area (Å²) in [5.41, 5.74) is 7.48. The number of anilines is 1. The lowest BCUT2D eigenvalue weighted by molar-refractivity contribution is 0.556. The van der Waals surface area contributed by atoms with Gasteiger partial charge in [-0.3, -0.25) is 4.98 Å². The monoisotopic (exact) mass is 263 g/mol.